The normalized spacial score (nSPS) is 13.9. The maximum Gasteiger partial charge on any atom is 0.268 e. The molecule has 0 aliphatic heterocycles. The second kappa shape index (κ2) is 28.5. The van der Waals surface area contributed by atoms with E-state index in [9.17, 15) is 26.3 Å². The molecule has 0 bridgehead atoms. The van der Waals surface area contributed by atoms with E-state index in [1.165, 1.54) is 13.8 Å². The molecule has 0 radical (unpaired) electrons. The van der Waals surface area contributed by atoms with Crippen LogP contribution < -0.4 is 0 Å². The lowest BCUT2D eigenvalue weighted by molar-refractivity contribution is -0.0414. The van der Waals surface area contributed by atoms with E-state index < -0.39 is 29.9 Å². The van der Waals surface area contributed by atoms with Gasteiger partial charge in [0, 0.05) is 24.2 Å². The summed E-state index contributed by atoms with van der Waals surface area (Å²) >= 11 is 0. The van der Waals surface area contributed by atoms with Crippen molar-refractivity contribution in [3.63, 3.8) is 0 Å². The Morgan fingerprint density at radius 1 is 0.609 bits per heavy atom. The Morgan fingerprint density at radius 3 is 1.43 bits per heavy atom. The van der Waals surface area contributed by atoms with Gasteiger partial charge in [0.2, 0.25) is 0 Å². The second-order valence-corrected chi connectivity index (χ2v) is 15.1. The fourth-order valence-electron chi connectivity index (χ4n) is 2.92. The molecule has 1 unspecified atom stereocenters. The van der Waals surface area contributed by atoms with Crippen molar-refractivity contribution in [3.05, 3.63) is 48.4 Å². The third kappa shape index (κ3) is 37.0. The molecular weight excluding hydrogens is 594 g/mol. The van der Waals surface area contributed by atoms with Gasteiger partial charge in [0.05, 0.1) is 5.83 Å². The molecule has 0 rings (SSSR count). The molecule has 1 atom stereocenters. The average molecular weight is 669 g/mol. The first-order chi connectivity index (χ1) is 20.8. The van der Waals surface area contributed by atoms with E-state index in [-0.39, 0.29) is 24.1 Å². The van der Waals surface area contributed by atoms with Crippen LogP contribution in [-0.4, -0.2) is 18.0 Å². The number of allylic oxidation sites excluding steroid dienone is 8. The summed E-state index contributed by atoms with van der Waals surface area (Å²) in [5.41, 5.74) is 0. The van der Waals surface area contributed by atoms with Gasteiger partial charge in [0.25, 0.3) is 11.8 Å². The van der Waals surface area contributed by atoms with E-state index in [0.29, 0.717) is 23.7 Å². The minimum Gasteiger partial charge on any atom is -0.243 e. The molecule has 0 nitrogen and oxygen atoms in total. The highest BCUT2D eigenvalue weighted by Crippen LogP contribution is 2.28. The van der Waals surface area contributed by atoms with Crippen LogP contribution in [0.4, 0.5) is 26.3 Å². The van der Waals surface area contributed by atoms with Gasteiger partial charge >= 0.3 is 0 Å². The Morgan fingerprint density at radius 2 is 1.09 bits per heavy atom. The zero-order valence-corrected chi connectivity index (χ0v) is 32.5. The molecule has 0 aliphatic rings. The van der Waals surface area contributed by atoms with Crippen molar-refractivity contribution >= 4 is 0 Å². The Balaban J connectivity index is -0.000000256. The topological polar surface area (TPSA) is 0 Å². The lowest BCUT2D eigenvalue weighted by atomic mass is 10.0. The van der Waals surface area contributed by atoms with E-state index in [2.05, 4.69) is 27.7 Å². The molecule has 46 heavy (non-hydrogen) atoms. The van der Waals surface area contributed by atoms with Crippen LogP contribution >= 0.6 is 0 Å². The van der Waals surface area contributed by atoms with Crippen LogP contribution in [0.25, 0.3) is 0 Å². The number of halogens is 6. The highest BCUT2D eigenvalue weighted by molar-refractivity contribution is 4.97. The number of rotatable bonds is 16. The highest BCUT2D eigenvalue weighted by atomic mass is 19.3. The van der Waals surface area contributed by atoms with Gasteiger partial charge in [-0.05, 0) is 61.3 Å². The second-order valence-electron chi connectivity index (χ2n) is 15.1. The standard InChI is InChI=1S/2C10H18F2.2C10H19F/c2*1-8(2)6-5-7-10(11,12)9(3)4;2*1-8(2)6-5-7-10(11)9(3)4/h5,7-9H,6H2,1-4H3;5-6,8-9H,7H2,1-4H3;7-9H,5-6H2,1-4H3;5,7-10H,6H2,1-4H3/b7-5+;6-5+;10-7-;7-5+. The molecule has 0 fully saturated rings. The first-order valence-corrected chi connectivity index (χ1v) is 17.6. The molecule has 0 saturated carbocycles. The lowest BCUT2D eigenvalue weighted by Crippen LogP contribution is -2.22. The minimum absolute atomic E-state index is 0.0330. The van der Waals surface area contributed by atoms with Gasteiger partial charge in [-0.1, -0.05) is 147 Å². The molecule has 6 heteroatoms. The van der Waals surface area contributed by atoms with E-state index in [1.807, 2.05) is 67.5 Å². The molecule has 0 heterocycles. The van der Waals surface area contributed by atoms with Gasteiger partial charge in [0.1, 0.15) is 6.17 Å². The minimum atomic E-state index is -2.64. The summed E-state index contributed by atoms with van der Waals surface area (Å²) in [6.07, 6.45) is 14.1. The summed E-state index contributed by atoms with van der Waals surface area (Å²) in [5, 5.41) is 0. The summed E-state index contributed by atoms with van der Waals surface area (Å²) in [5.74, 6) is -4.07. The predicted molar refractivity (Wildman–Crippen MR) is 193 cm³/mol. The van der Waals surface area contributed by atoms with Crippen LogP contribution in [0.2, 0.25) is 0 Å². The molecule has 0 aromatic carbocycles. The van der Waals surface area contributed by atoms with Crippen molar-refractivity contribution in [2.45, 2.75) is 161 Å². The van der Waals surface area contributed by atoms with Crippen LogP contribution in [0.3, 0.4) is 0 Å². The van der Waals surface area contributed by atoms with Crippen LogP contribution in [0.5, 0.6) is 0 Å². The Labute approximate surface area is 282 Å². The van der Waals surface area contributed by atoms with Gasteiger partial charge in [-0.25, -0.2) is 26.3 Å². The van der Waals surface area contributed by atoms with E-state index in [4.69, 9.17) is 0 Å². The highest BCUT2D eigenvalue weighted by Gasteiger charge is 2.31. The first kappa shape index (κ1) is 51.4. The molecule has 0 saturated heterocycles. The van der Waals surface area contributed by atoms with E-state index >= 15 is 0 Å². The van der Waals surface area contributed by atoms with Crippen molar-refractivity contribution in [3.8, 4) is 0 Å². The van der Waals surface area contributed by atoms with E-state index in [1.54, 1.807) is 38.2 Å². The van der Waals surface area contributed by atoms with Gasteiger partial charge in [-0.3, -0.25) is 0 Å². The quantitative estimate of drug-likeness (QED) is 0.113. The Bertz CT molecular complexity index is 797. The van der Waals surface area contributed by atoms with Crippen molar-refractivity contribution in [1.82, 2.24) is 0 Å². The fourth-order valence-corrected chi connectivity index (χ4v) is 2.92. The van der Waals surface area contributed by atoms with Crippen molar-refractivity contribution < 1.29 is 26.3 Å². The van der Waals surface area contributed by atoms with Gasteiger partial charge in [0.15, 0.2) is 0 Å². The lowest BCUT2D eigenvalue weighted by Gasteiger charge is -2.18. The number of hydrogen-bond acceptors (Lipinski definition) is 0. The summed E-state index contributed by atoms with van der Waals surface area (Å²) in [7, 11) is 0. The van der Waals surface area contributed by atoms with Crippen LogP contribution in [0, 0.1) is 47.3 Å². The van der Waals surface area contributed by atoms with Crippen LogP contribution in [0.1, 0.15) is 143 Å². The molecule has 0 aliphatic carbocycles. The SMILES string of the molecule is CC(C)/C=C/CC(F)(F)C(C)C.CC(C)C/C=C/C(F)(F)C(C)C.CC(C)C/C=C/C(F)C(C)C.CC(C)CC/C=C(\F)C(C)C. The third-order valence-electron chi connectivity index (χ3n) is 6.67. The third-order valence-corrected chi connectivity index (χ3v) is 6.67. The van der Waals surface area contributed by atoms with Crippen LogP contribution in [0.15, 0.2) is 48.4 Å². The summed E-state index contributed by atoms with van der Waals surface area (Å²) < 4.78 is 77.4. The summed E-state index contributed by atoms with van der Waals surface area (Å²) in [4.78, 5) is 0. The largest absolute Gasteiger partial charge is 0.268 e. The van der Waals surface area contributed by atoms with Crippen molar-refractivity contribution in [1.29, 1.82) is 0 Å². The Kier molecular flexibility index (Phi) is 31.9. The summed E-state index contributed by atoms with van der Waals surface area (Å²) in [6.45, 7) is 30.2. The van der Waals surface area contributed by atoms with Gasteiger partial charge in [-0.2, -0.15) is 0 Å². The zero-order valence-electron chi connectivity index (χ0n) is 32.5. The molecule has 0 spiro atoms. The molecular formula is C40H74F6. The maximum atomic E-state index is 12.9. The molecule has 0 amide bonds. The van der Waals surface area contributed by atoms with Gasteiger partial charge in [-0.15, -0.1) is 0 Å². The van der Waals surface area contributed by atoms with Gasteiger partial charge < -0.3 is 0 Å². The number of hydrogen-bond donors (Lipinski definition) is 0. The van der Waals surface area contributed by atoms with Crippen molar-refractivity contribution in [2.75, 3.05) is 0 Å². The Hall–Kier alpha value is -1.46. The molecule has 276 valence electrons. The molecule has 0 aromatic rings. The summed E-state index contributed by atoms with van der Waals surface area (Å²) in [6, 6.07) is 0. The van der Waals surface area contributed by atoms with Crippen molar-refractivity contribution in [2.24, 2.45) is 47.3 Å². The maximum absolute atomic E-state index is 12.9. The number of alkyl halides is 5. The van der Waals surface area contributed by atoms with E-state index in [0.717, 1.165) is 31.8 Å². The van der Waals surface area contributed by atoms with Crippen LogP contribution in [-0.2, 0) is 0 Å². The average Bonchev–Trinajstić information content (AvgIpc) is 2.88. The first-order valence-electron chi connectivity index (χ1n) is 17.6. The fraction of sp³-hybridized carbons (Fsp3) is 0.800. The molecule has 0 N–H and O–H groups in total. The molecule has 0 aromatic heterocycles. The monoisotopic (exact) mass is 669 g/mol. The smallest absolute Gasteiger partial charge is 0.243 e. The predicted octanol–water partition coefficient (Wildman–Crippen LogP) is 15.3. The zero-order chi connectivity index (χ0) is 37.3.